The van der Waals surface area contributed by atoms with E-state index in [1.165, 1.54) is 4.90 Å². The highest BCUT2D eigenvalue weighted by molar-refractivity contribution is 6.30. The number of nitrogens with two attached hydrogens (primary N) is 1. The molecule has 3 N–H and O–H groups in total. The number of amides is 1. The highest BCUT2D eigenvalue weighted by atomic mass is 35.5. The average Bonchev–Trinajstić information content (AvgIpc) is 2.41. The lowest BCUT2D eigenvalue weighted by Gasteiger charge is -2.27. The Hall–Kier alpha value is -1.26. The van der Waals surface area contributed by atoms with Gasteiger partial charge in [0.25, 0.3) is 0 Å². The molecule has 0 aromatic heterocycles. The summed E-state index contributed by atoms with van der Waals surface area (Å²) in [4.78, 5) is 12.5. The van der Waals surface area contributed by atoms with Crippen LogP contribution in [-0.4, -0.2) is 32.1 Å². The zero-order valence-electron chi connectivity index (χ0n) is 10.9. The molecule has 0 saturated carbocycles. The minimum Gasteiger partial charge on any atom is -0.488 e. The molecule has 0 unspecified atom stereocenters. The number of ether oxygens (including phenoxy) is 1. The molecule has 2 rings (SSSR count). The second kappa shape index (κ2) is 6.78. The van der Waals surface area contributed by atoms with E-state index in [1.807, 2.05) is 24.3 Å². The van der Waals surface area contributed by atoms with Crippen LogP contribution in [0.15, 0.2) is 24.3 Å². The number of carbonyl (C=O) groups excluding carboxylic acids is 1. The van der Waals surface area contributed by atoms with E-state index in [1.54, 1.807) is 0 Å². The van der Waals surface area contributed by atoms with Crippen LogP contribution in [0, 0.1) is 5.92 Å². The quantitative estimate of drug-likeness (QED) is 0.827. The predicted octanol–water partition coefficient (Wildman–Crippen LogP) is 0.499. The molecule has 1 fully saturated rings. The van der Waals surface area contributed by atoms with Gasteiger partial charge in [-0.05, 0) is 24.3 Å². The zero-order chi connectivity index (χ0) is 13.7. The van der Waals surface area contributed by atoms with Crippen LogP contribution in [0.2, 0.25) is 5.02 Å². The maximum Gasteiger partial charge on any atom is 0.220 e. The fraction of sp³-hybridized carbons (Fsp3) is 0.500. The summed E-state index contributed by atoms with van der Waals surface area (Å²) in [5, 5.41) is 0.714. The van der Waals surface area contributed by atoms with Crippen LogP contribution in [0.5, 0.6) is 5.75 Å². The first-order valence-corrected chi connectivity index (χ1v) is 7.04. The Morgan fingerprint density at radius 3 is 2.53 bits per heavy atom. The number of carbonyl (C=O) groups is 1. The summed E-state index contributed by atoms with van der Waals surface area (Å²) in [6.07, 6.45) is 1.79. The molecule has 1 aromatic rings. The van der Waals surface area contributed by atoms with Crippen molar-refractivity contribution in [2.75, 3.05) is 26.2 Å². The number of benzene rings is 1. The second-order valence-electron chi connectivity index (χ2n) is 4.98. The zero-order valence-corrected chi connectivity index (χ0v) is 11.7. The third kappa shape index (κ3) is 4.40. The van der Waals surface area contributed by atoms with Crippen LogP contribution in [-0.2, 0) is 4.79 Å². The van der Waals surface area contributed by atoms with Gasteiger partial charge in [0.15, 0.2) is 0 Å². The first-order valence-electron chi connectivity index (χ1n) is 6.66. The number of hydrogen-bond donors (Lipinski definition) is 2. The summed E-state index contributed by atoms with van der Waals surface area (Å²) < 4.78 is 5.67. The van der Waals surface area contributed by atoms with Gasteiger partial charge in [0.2, 0.25) is 5.91 Å². The molecule has 0 radical (unpaired) electrons. The normalized spacial score (nSPS) is 23.0. The van der Waals surface area contributed by atoms with E-state index < -0.39 is 0 Å². The molecule has 104 valence electrons. The number of quaternary nitrogens is 1. The topological polar surface area (TPSA) is 56.8 Å². The third-order valence-electron chi connectivity index (χ3n) is 3.63. The fourth-order valence-corrected chi connectivity index (χ4v) is 2.53. The Bertz CT molecular complexity index is 414. The summed E-state index contributed by atoms with van der Waals surface area (Å²) in [6.45, 7) is 3.63. The number of likely N-dealkylation sites (tertiary alicyclic amines) is 1. The minimum atomic E-state index is -0.156. The lowest BCUT2D eigenvalue weighted by atomic mass is 9.96. The molecule has 1 aliphatic heterocycles. The second-order valence-corrected chi connectivity index (χ2v) is 5.42. The molecule has 19 heavy (non-hydrogen) atoms. The Balaban J connectivity index is 1.67. The van der Waals surface area contributed by atoms with E-state index in [2.05, 4.69) is 0 Å². The Morgan fingerprint density at radius 2 is 1.95 bits per heavy atom. The number of piperidine rings is 1. The van der Waals surface area contributed by atoms with Crippen molar-refractivity contribution >= 4 is 17.5 Å². The van der Waals surface area contributed by atoms with Crippen LogP contribution < -0.4 is 15.4 Å². The largest absolute Gasteiger partial charge is 0.488 e. The van der Waals surface area contributed by atoms with Crippen LogP contribution in [0.3, 0.4) is 0 Å². The molecule has 1 saturated heterocycles. The van der Waals surface area contributed by atoms with Crippen LogP contribution in [0.25, 0.3) is 0 Å². The average molecular weight is 284 g/mol. The van der Waals surface area contributed by atoms with Gasteiger partial charge in [0, 0.05) is 23.8 Å². The highest BCUT2D eigenvalue weighted by Gasteiger charge is 2.25. The molecule has 1 aromatic carbocycles. The molecule has 1 aliphatic rings. The van der Waals surface area contributed by atoms with Crippen molar-refractivity contribution in [3.05, 3.63) is 29.3 Å². The van der Waals surface area contributed by atoms with Gasteiger partial charge < -0.3 is 15.4 Å². The van der Waals surface area contributed by atoms with Crippen molar-refractivity contribution in [3.8, 4) is 5.75 Å². The monoisotopic (exact) mass is 283 g/mol. The Kier molecular flexibility index (Phi) is 5.05. The lowest BCUT2D eigenvalue weighted by Crippen LogP contribution is -3.13. The summed E-state index contributed by atoms with van der Waals surface area (Å²) in [5.41, 5.74) is 5.32. The van der Waals surface area contributed by atoms with Crippen LogP contribution in [0.4, 0.5) is 0 Å². The number of hydrogen-bond acceptors (Lipinski definition) is 2. The van der Waals surface area contributed by atoms with Crippen LogP contribution >= 0.6 is 11.6 Å². The van der Waals surface area contributed by atoms with Crippen molar-refractivity contribution in [2.24, 2.45) is 11.7 Å². The van der Waals surface area contributed by atoms with E-state index in [-0.39, 0.29) is 11.8 Å². The Morgan fingerprint density at radius 1 is 1.32 bits per heavy atom. The highest BCUT2D eigenvalue weighted by Crippen LogP contribution is 2.15. The van der Waals surface area contributed by atoms with Gasteiger partial charge in [0.1, 0.15) is 18.9 Å². The first-order chi connectivity index (χ1) is 9.15. The maximum atomic E-state index is 11.1. The van der Waals surface area contributed by atoms with Gasteiger partial charge in [-0.15, -0.1) is 0 Å². The van der Waals surface area contributed by atoms with Crippen molar-refractivity contribution in [2.45, 2.75) is 12.8 Å². The summed E-state index contributed by atoms with van der Waals surface area (Å²) in [5.74, 6) is 0.758. The summed E-state index contributed by atoms with van der Waals surface area (Å²) in [7, 11) is 0. The van der Waals surface area contributed by atoms with Gasteiger partial charge >= 0.3 is 0 Å². The number of rotatable bonds is 5. The molecule has 5 heteroatoms. The van der Waals surface area contributed by atoms with Gasteiger partial charge in [-0.1, -0.05) is 11.6 Å². The lowest BCUT2D eigenvalue weighted by molar-refractivity contribution is -0.905. The molecule has 0 atom stereocenters. The van der Waals surface area contributed by atoms with E-state index >= 15 is 0 Å². The minimum absolute atomic E-state index is 0.0703. The van der Waals surface area contributed by atoms with E-state index in [0.29, 0.717) is 11.6 Å². The third-order valence-corrected chi connectivity index (χ3v) is 3.89. The molecule has 1 heterocycles. The standard InChI is InChI=1S/C14H19ClN2O2/c15-12-1-3-13(4-2-12)19-10-9-17-7-5-11(6-8-17)14(16)18/h1-4,11H,5-10H2,(H2,16,18)/p+1. The predicted molar refractivity (Wildman–Crippen MR) is 74.4 cm³/mol. The van der Waals surface area contributed by atoms with Crippen LogP contribution in [0.1, 0.15) is 12.8 Å². The SMILES string of the molecule is NC(=O)C1CC[NH+](CCOc2ccc(Cl)cc2)CC1. The Labute approximate surface area is 118 Å². The summed E-state index contributed by atoms with van der Waals surface area (Å²) in [6, 6.07) is 7.39. The van der Waals surface area contributed by atoms with Crippen molar-refractivity contribution in [3.63, 3.8) is 0 Å². The van der Waals surface area contributed by atoms with Gasteiger partial charge in [-0.3, -0.25) is 4.79 Å². The maximum absolute atomic E-state index is 11.1. The fourth-order valence-electron chi connectivity index (χ4n) is 2.40. The molecule has 1 amide bonds. The molecule has 0 aliphatic carbocycles. The smallest absolute Gasteiger partial charge is 0.220 e. The molecule has 4 nitrogen and oxygen atoms in total. The number of nitrogens with one attached hydrogen (secondary N) is 1. The molecular weight excluding hydrogens is 264 g/mol. The molecule has 0 bridgehead atoms. The molecular formula is C14H20ClN2O2+. The first kappa shape index (κ1) is 14.2. The van der Waals surface area contributed by atoms with E-state index in [9.17, 15) is 4.79 Å². The van der Waals surface area contributed by atoms with Gasteiger partial charge in [-0.2, -0.15) is 0 Å². The summed E-state index contributed by atoms with van der Waals surface area (Å²) >= 11 is 5.81. The van der Waals surface area contributed by atoms with Gasteiger partial charge in [-0.25, -0.2) is 0 Å². The van der Waals surface area contributed by atoms with E-state index in [4.69, 9.17) is 22.1 Å². The number of halogens is 1. The van der Waals surface area contributed by atoms with Crippen molar-refractivity contribution in [1.29, 1.82) is 0 Å². The van der Waals surface area contributed by atoms with Crippen molar-refractivity contribution < 1.29 is 14.4 Å². The van der Waals surface area contributed by atoms with Crippen molar-refractivity contribution in [1.82, 2.24) is 0 Å². The van der Waals surface area contributed by atoms with E-state index in [0.717, 1.165) is 38.2 Å². The number of primary amides is 1. The molecule has 0 spiro atoms. The van der Waals surface area contributed by atoms with Gasteiger partial charge in [0.05, 0.1) is 13.1 Å².